The predicted octanol–water partition coefficient (Wildman–Crippen LogP) is 2.07. The van der Waals surface area contributed by atoms with Crippen LogP contribution < -0.4 is 5.32 Å². The van der Waals surface area contributed by atoms with Gasteiger partial charge in [-0.05, 0) is 32.4 Å². The zero-order chi connectivity index (χ0) is 15.5. The Hall–Kier alpha value is -2.08. The first-order chi connectivity index (χ1) is 10.7. The third kappa shape index (κ3) is 3.22. The number of esters is 1. The maximum absolute atomic E-state index is 11.6. The molecule has 1 N–H and O–H groups in total. The predicted molar refractivity (Wildman–Crippen MR) is 80.6 cm³/mol. The molecule has 6 heteroatoms. The molecule has 6 nitrogen and oxygen atoms in total. The first-order valence-corrected chi connectivity index (χ1v) is 7.67. The quantitative estimate of drug-likeness (QED) is 0.856. The number of nitrogens with zero attached hydrogens (tertiary/aromatic N) is 2. The van der Waals surface area contributed by atoms with Crippen molar-refractivity contribution in [1.82, 2.24) is 14.9 Å². The van der Waals surface area contributed by atoms with Gasteiger partial charge in [0, 0.05) is 25.2 Å². The van der Waals surface area contributed by atoms with Gasteiger partial charge in [-0.2, -0.15) is 0 Å². The number of hydrogen-bond donors (Lipinski definition) is 1. The molecule has 0 saturated carbocycles. The lowest BCUT2D eigenvalue weighted by atomic mass is 10.1. The van der Waals surface area contributed by atoms with Gasteiger partial charge in [0.05, 0.1) is 18.8 Å². The van der Waals surface area contributed by atoms with Crippen LogP contribution in [0.4, 0.5) is 0 Å². The topological polar surface area (TPSA) is 69.3 Å². The highest BCUT2D eigenvalue weighted by Gasteiger charge is 2.20. The van der Waals surface area contributed by atoms with Gasteiger partial charge in [-0.3, -0.25) is 0 Å². The molecular weight excluding hydrogens is 282 g/mol. The molecule has 0 aromatic carbocycles. The van der Waals surface area contributed by atoms with Crippen molar-refractivity contribution in [1.29, 1.82) is 0 Å². The summed E-state index contributed by atoms with van der Waals surface area (Å²) in [5.41, 5.74) is 1.07. The zero-order valence-corrected chi connectivity index (χ0v) is 13.0. The van der Waals surface area contributed by atoms with E-state index in [1.165, 1.54) is 0 Å². The normalized spacial score (nSPS) is 17.3. The Labute approximate surface area is 129 Å². The van der Waals surface area contributed by atoms with Gasteiger partial charge in [-0.25, -0.2) is 9.78 Å². The molecule has 0 radical (unpaired) electrons. The summed E-state index contributed by atoms with van der Waals surface area (Å²) < 4.78 is 12.6. The zero-order valence-electron chi connectivity index (χ0n) is 13.0. The first-order valence-electron chi connectivity index (χ1n) is 7.67. The van der Waals surface area contributed by atoms with Crippen molar-refractivity contribution in [2.24, 2.45) is 0 Å². The Kier molecular flexibility index (Phi) is 4.29. The minimum Gasteiger partial charge on any atom is -0.460 e. The number of aromatic nitrogens is 2. The lowest BCUT2D eigenvalue weighted by Crippen LogP contribution is -2.36. The number of rotatable bonds is 5. The molecule has 0 fully saturated rings. The molecule has 3 heterocycles. The van der Waals surface area contributed by atoms with Crippen LogP contribution in [0.5, 0.6) is 0 Å². The molecule has 1 atom stereocenters. The SMILES string of the molecule is CCOC(=O)c1ccc(CN[C@H]2CCc3nc(C)cn3C2)o1. The van der Waals surface area contributed by atoms with Crippen molar-refractivity contribution in [2.75, 3.05) is 6.61 Å². The summed E-state index contributed by atoms with van der Waals surface area (Å²) in [6.07, 6.45) is 4.13. The first kappa shape index (κ1) is 14.8. The number of hydrogen-bond acceptors (Lipinski definition) is 5. The van der Waals surface area contributed by atoms with Crippen LogP contribution in [-0.2, 0) is 24.2 Å². The van der Waals surface area contributed by atoms with E-state index in [4.69, 9.17) is 9.15 Å². The Morgan fingerprint density at radius 1 is 1.55 bits per heavy atom. The highest BCUT2D eigenvalue weighted by atomic mass is 16.5. The fourth-order valence-corrected chi connectivity index (χ4v) is 2.78. The molecule has 0 unspecified atom stereocenters. The van der Waals surface area contributed by atoms with Crippen molar-refractivity contribution in [3.63, 3.8) is 0 Å². The minimum absolute atomic E-state index is 0.259. The van der Waals surface area contributed by atoms with Crippen LogP contribution in [0.2, 0.25) is 0 Å². The molecule has 2 aromatic rings. The van der Waals surface area contributed by atoms with Crippen molar-refractivity contribution in [3.8, 4) is 0 Å². The second-order valence-electron chi connectivity index (χ2n) is 5.55. The van der Waals surface area contributed by atoms with Gasteiger partial charge in [0.2, 0.25) is 5.76 Å². The number of nitrogens with one attached hydrogen (secondary N) is 1. The van der Waals surface area contributed by atoms with Gasteiger partial charge >= 0.3 is 5.97 Å². The summed E-state index contributed by atoms with van der Waals surface area (Å²) in [5, 5.41) is 3.48. The fourth-order valence-electron chi connectivity index (χ4n) is 2.78. The van der Waals surface area contributed by atoms with Gasteiger partial charge in [-0.1, -0.05) is 0 Å². The second kappa shape index (κ2) is 6.36. The number of aryl methyl sites for hydroxylation is 2. The highest BCUT2D eigenvalue weighted by molar-refractivity contribution is 5.86. The smallest absolute Gasteiger partial charge is 0.374 e. The molecule has 0 aliphatic carbocycles. The number of imidazole rings is 1. The average molecular weight is 303 g/mol. The minimum atomic E-state index is -0.412. The van der Waals surface area contributed by atoms with E-state index in [1.54, 1.807) is 13.0 Å². The van der Waals surface area contributed by atoms with Gasteiger partial charge in [-0.15, -0.1) is 0 Å². The summed E-state index contributed by atoms with van der Waals surface area (Å²) in [4.78, 5) is 16.1. The molecule has 1 aliphatic heterocycles. The number of carbonyl (C=O) groups excluding carboxylic acids is 1. The van der Waals surface area contributed by atoms with Crippen LogP contribution in [-0.4, -0.2) is 28.2 Å². The summed E-state index contributed by atoms with van der Waals surface area (Å²) in [6.45, 7) is 5.67. The molecule has 2 aromatic heterocycles. The van der Waals surface area contributed by atoms with Gasteiger partial charge in [0.25, 0.3) is 0 Å². The van der Waals surface area contributed by atoms with Crippen LogP contribution in [0.25, 0.3) is 0 Å². The number of ether oxygens (including phenoxy) is 1. The van der Waals surface area contributed by atoms with E-state index in [0.29, 0.717) is 19.2 Å². The Bertz CT molecular complexity index is 659. The molecule has 0 amide bonds. The lowest BCUT2D eigenvalue weighted by Gasteiger charge is -2.24. The standard InChI is InChI=1S/C16H21N3O3/c1-3-21-16(20)14-6-5-13(22-14)8-17-12-4-7-15-18-11(2)9-19(15)10-12/h5-6,9,12,17H,3-4,7-8,10H2,1-2H3/t12-/m0/s1. The molecular formula is C16H21N3O3. The largest absolute Gasteiger partial charge is 0.460 e. The summed E-state index contributed by atoms with van der Waals surface area (Å²) in [7, 11) is 0. The Balaban J connectivity index is 1.54. The van der Waals surface area contributed by atoms with E-state index >= 15 is 0 Å². The molecule has 3 rings (SSSR count). The average Bonchev–Trinajstić information content (AvgIpc) is 3.10. The van der Waals surface area contributed by atoms with Crippen LogP contribution in [0.1, 0.15) is 41.2 Å². The summed E-state index contributed by atoms with van der Waals surface area (Å²) >= 11 is 0. The number of fused-ring (bicyclic) bond motifs is 1. The van der Waals surface area contributed by atoms with E-state index in [2.05, 4.69) is 21.1 Å². The third-order valence-electron chi connectivity index (χ3n) is 3.82. The molecule has 0 spiro atoms. The van der Waals surface area contributed by atoms with Crippen LogP contribution in [0.3, 0.4) is 0 Å². The van der Waals surface area contributed by atoms with Crippen molar-refractivity contribution < 1.29 is 13.9 Å². The number of carbonyl (C=O) groups is 1. The van der Waals surface area contributed by atoms with E-state index in [0.717, 1.165) is 36.7 Å². The highest BCUT2D eigenvalue weighted by Crippen LogP contribution is 2.16. The Morgan fingerprint density at radius 2 is 2.41 bits per heavy atom. The maximum Gasteiger partial charge on any atom is 0.374 e. The molecule has 0 saturated heterocycles. The van der Waals surface area contributed by atoms with Gasteiger partial charge in [0.15, 0.2) is 0 Å². The monoisotopic (exact) mass is 303 g/mol. The molecule has 1 aliphatic rings. The lowest BCUT2D eigenvalue weighted by molar-refractivity contribution is 0.0487. The molecule has 0 bridgehead atoms. The third-order valence-corrected chi connectivity index (χ3v) is 3.82. The van der Waals surface area contributed by atoms with Crippen LogP contribution >= 0.6 is 0 Å². The maximum atomic E-state index is 11.6. The second-order valence-corrected chi connectivity index (χ2v) is 5.55. The fraction of sp³-hybridized carbons (Fsp3) is 0.500. The van der Waals surface area contributed by atoms with Crippen molar-refractivity contribution in [2.45, 2.75) is 45.8 Å². The van der Waals surface area contributed by atoms with Gasteiger partial charge in [0.1, 0.15) is 11.6 Å². The van der Waals surface area contributed by atoms with Crippen molar-refractivity contribution >= 4 is 5.97 Å². The van der Waals surface area contributed by atoms with E-state index in [-0.39, 0.29) is 5.76 Å². The molecule has 118 valence electrons. The van der Waals surface area contributed by atoms with Crippen molar-refractivity contribution in [3.05, 3.63) is 41.4 Å². The molecule has 22 heavy (non-hydrogen) atoms. The van der Waals surface area contributed by atoms with E-state index in [1.807, 2.05) is 13.0 Å². The van der Waals surface area contributed by atoms with Crippen LogP contribution in [0, 0.1) is 6.92 Å². The summed E-state index contributed by atoms with van der Waals surface area (Å²) in [5.74, 6) is 1.76. The van der Waals surface area contributed by atoms with Crippen LogP contribution in [0.15, 0.2) is 22.7 Å². The number of furan rings is 1. The van der Waals surface area contributed by atoms with E-state index in [9.17, 15) is 4.79 Å². The summed E-state index contributed by atoms with van der Waals surface area (Å²) in [6, 6.07) is 3.86. The van der Waals surface area contributed by atoms with Gasteiger partial charge < -0.3 is 19.0 Å². The Morgan fingerprint density at radius 3 is 3.23 bits per heavy atom. The van der Waals surface area contributed by atoms with E-state index < -0.39 is 5.97 Å².